The van der Waals surface area contributed by atoms with Gasteiger partial charge in [-0.05, 0) is 17.7 Å². The third-order valence-corrected chi connectivity index (χ3v) is 6.41. The SMILES string of the molecule is O=C(CCN1c2[nH]c(=O)[nH]c(=O)c2C(c2cccc(O)c2)c2c1[nH]c(=O)[nH]c2=O)N[C@@H](Cc1cnc[nH]1)C(=O)O. The molecule has 16 nitrogen and oxygen atoms in total. The minimum atomic E-state index is -1.28. The Balaban J connectivity index is 1.54. The summed E-state index contributed by atoms with van der Waals surface area (Å²) in [5.41, 5.74) is -2.76. The highest BCUT2D eigenvalue weighted by molar-refractivity contribution is 5.84. The number of hydrogen-bond donors (Lipinski definition) is 8. The molecular formula is C24H22N8O8. The Morgan fingerprint density at radius 2 is 1.65 bits per heavy atom. The monoisotopic (exact) mass is 550 g/mol. The number of aromatic amines is 5. The summed E-state index contributed by atoms with van der Waals surface area (Å²) in [5.74, 6) is -3.41. The molecule has 0 radical (unpaired) electrons. The van der Waals surface area contributed by atoms with Crippen LogP contribution in [0, 0.1) is 0 Å². The number of carboxylic acid groups (broad SMARTS) is 1. The van der Waals surface area contributed by atoms with E-state index in [1.54, 1.807) is 6.07 Å². The molecule has 0 bridgehead atoms. The molecule has 1 aliphatic rings. The smallest absolute Gasteiger partial charge is 0.327 e. The molecule has 0 fully saturated rings. The van der Waals surface area contributed by atoms with E-state index in [1.807, 2.05) is 0 Å². The summed E-state index contributed by atoms with van der Waals surface area (Å²) >= 11 is 0. The molecule has 4 aromatic rings. The van der Waals surface area contributed by atoms with Gasteiger partial charge in [-0.2, -0.15) is 0 Å². The maximum absolute atomic E-state index is 13.1. The number of amides is 1. The maximum Gasteiger partial charge on any atom is 0.327 e. The molecule has 3 aromatic heterocycles. The van der Waals surface area contributed by atoms with Gasteiger partial charge < -0.3 is 25.4 Å². The lowest BCUT2D eigenvalue weighted by atomic mass is 9.83. The zero-order valence-electron chi connectivity index (χ0n) is 20.5. The number of phenolic OH excluding ortho intramolecular Hbond substituents is 1. The van der Waals surface area contributed by atoms with Gasteiger partial charge in [0.2, 0.25) is 5.91 Å². The number of benzene rings is 1. The molecule has 0 aliphatic carbocycles. The summed E-state index contributed by atoms with van der Waals surface area (Å²) in [6.45, 7) is -0.270. The number of fused-ring (bicyclic) bond motifs is 2. The lowest BCUT2D eigenvalue weighted by Gasteiger charge is -2.35. The number of carboxylic acids is 1. The first-order valence-electron chi connectivity index (χ1n) is 11.9. The lowest BCUT2D eigenvalue weighted by molar-refractivity contribution is -0.141. The number of carbonyl (C=O) groups is 2. The van der Waals surface area contributed by atoms with E-state index in [0.717, 1.165) is 0 Å². The van der Waals surface area contributed by atoms with Gasteiger partial charge in [-0.3, -0.25) is 34.3 Å². The van der Waals surface area contributed by atoms with Crippen molar-refractivity contribution in [3.05, 3.63) is 101 Å². The Hall–Kier alpha value is -5.67. The minimum absolute atomic E-state index is 0.0621. The van der Waals surface area contributed by atoms with Gasteiger partial charge in [0.25, 0.3) is 11.1 Å². The predicted molar refractivity (Wildman–Crippen MR) is 138 cm³/mol. The quantitative estimate of drug-likeness (QED) is 0.129. The van der Waals surface area contributed by atoms with E-state index < -0.39 is 46.3 Å². The summed E-state index contributed by atoms with van der Waals surface area (Å²) in [7, 11) is 0. The van der Waals surface area contributed by atoms with Crippen LogP contribution in [0.2, 0.25) is 0 Å². The topological polar surface area (TPSA) is 250 Å². The first kappa shape index (κ1) is 26.0. The number of anilines is 2. The molecule has 0 saturated heterocycles. The Bertz CT molecular complexity index is 1760. The Kier molecular flexibility index (Phi) is 6.64. The highest BCUT2D eigenvalue weighted by atomic mass is 16.4. The molecule has 5 rings (SSSR count). The molecule has 206 valence electrons. The summed E-state index contributed by atoms with van der Waals surface area (Å²) < 4.78 is 0. The Labute approximate surface area is 221 Å². The molecule has 16 heteroatoms. The van der Waals surface area contributed by atoms with Crippen LogP contribution in [0.3, 0.4) is 0 Å². The highest BCUT2D eigenvalue weighted by Gasteiger charge is 2.38. The van der Waals surface area contributed by atoms with Gasteiger partial charge in [0.1, 0.15) is 23.4 Å². The van der Waals surface area contributed by atoms with Crippen LogP contribution >= 0.6 is 0 Å². The molecule has 0 saturated carbocycles. The second-order valence-corrected chi connectivity index (χ2v) is 9.01. The zero-order chi connectivity index (χ0) is 28.6. The number of H-pyrrole nitrogens is 5. The summed E-state index contributed by atoms with van der Waals surface area (Å²) in [4.78, 5) is 92.4. The van der Waals surface area contributed by atoms with Crippen LogP contribution in [0.5, 0.6) is 5.75 Å². The van der Waals surface area contributed by atoms with E-state index in [2.05, 4.69) is 35.2 Å². The first-order valence-corrected chi connectivity index (χ1v) is 11.9. The predicted octanol–water partition coefficient (Wildman–Crippen LogP) is -1.30. The van der Waals surface area contributed by atoms with Crippen molar-refractivity contribution in [2.24, 2.45) is 0 Å². The molecule has 0 unspecified atom stereocenters. The Morgan fingerprint density at radius 1 is 1.00 bits per heavy atom. The van der Waals surface area contributed by atoms with E-state index in [-0.39, 0.29) is 47.9 Å². The van der Waals surface area contributed by atoms with E-state index in [4.69, 9.17) is 0 Å². The number of rotatable bonds is 8. The second-order valence-electron chi connectivity index (χ2n) is 9.01. The van der Waals surface area contributed by atoms with E-state index in [1.165, 1.54) is 35.6 Å². The summed E-state index contributed by atoms with van der Waals surface area (Å²) in [6.07, 6.45) is 2.38. The van der Waals surface area contributed by atoms with Crippen LogP contribution in [0.4, 0.5) is 11.6 Å². The largest absolute Gasteiger partial charge is 0.508 e. The number of hydrogen-bond acceptors (Lipinski definition) is 9. The van der Waals surface area contributed by atoms with Gasteiger partial charge in [0, 0.05) is 31.3 Å². The van der Waals surface area contributed by atoms with Crippen molar-refractivity contribution >= 4 is 23.5 Å². The van der Waals surface area contributed by atoms with Gasteiger partial charge in [-0.25, -0.2) is 19.4 Å². The average molecular weight is 550 g/mol. The summed E-state index contributed by atoms with van der Waals surface area (Å²) in [5, 5.41) is 22.0. The number of phenols is 1. The molecular weight excluding hydrogens is 528 g/mol. The van der Waals surface area contributed by atoms with E-state index in [9.17, 15) is 39.0 Å². The van der Waals surface area contributed by atoms with Crippen LogP contribution in [0.1, 0.15) is 34.7 Å². The molecule has 1 atom stereocenters. The van der Waals surface area contributed by atoms with Crippen molar-refractivity contribution in [3.63, 3.8) is 0 Å². The normalized spacial score (nSPS) is 13.3. The van der Waals surface area contributed by atoms with Gasteiger partial charge in [-0.1, -0.05) is 12.1 Å². The fourth-order valence-corrected chi connectivity index (χ4v) is 4.74. The number of nitrogens with one attached hydrogen (secondary N) is 6. The van der Waals surface area contributed by atoms with Crippen molar-refractivity contribution in [3.8, 4) is 5.75 Å². The van der Waals surface area contributed by atoms with Crippen molar-refractivity contribution in [2.75, 3.05) is 11.4 Å². The van der Waals surface area contributed by atoms with Crippen LogP contribution < -0.4 is 32.7 Å². The lowest BCUT2D eigenvalue weighted by Crippen LogP contribution is -2.45. The molecule has 0 spiro atoms. The second kappa shape index (κ2) is 10.2. The van der Waals surface area contributed by atoms with Gasteiger partial charge >= 0.3 is 17.3 Å². The van der Waals surface area contributed by atoms with Crippen molar-refractivity contribution < 1.29 is 19.8 Å². The zero-order valence-corrected chi connectivity index (χ0v) is 20.5. The van der Waals surface area contributed by atoms with Gasteiger partial charge in [-0.15, -0.1) is 0 Å². The van der Waals surface area contributed by atoms with Gasteiger partial charge in [0.05, 0.1) is 23.4 Å². The first-order chi connectivity index (χ1) is 19.1. The number of aromatic nitrogens is 6. The van der Waals surface area contributed by atoms with Crippen LogP contribution in [-0.4, -0.2) is 64.6 Å². The Morgan fingerprint density at radius 3 is 2.20 bits per heavy atom. The van der Waals surface area contributed by atoms with Gasteiger partial charge in [0.15, 0.2) is 0 Å². The van der Waals surface area contributed by atoms with E-state index in [0.29, 0.717) is 11.3 Å². The number of aliphatic carboxylic acids is 1. The molecule has 8 N–H and O–H groups in total. The van der Waals surface area contributed by atoms with Crippen LogP contribution in [0.15, 0.2) is 56.0 Å². The van der Waals surface area contributed by atoms with Crippen LogP contribution in [-0.2, 0) is 16.0 Å². The number of imidazole rings is 1. The molecule has 4 heterocycles. The third-order valence-electron chi connectivity index (χ3n) is 6.41. The number of carbonyl (C=O) groups excluding carboxylic acids is 1. The van der Waals surface area contributed by atoms with Crippen LogP contribution in [0.25, 0.3) is 0 Å². The van der Waals surface area contributed by atoms with E-state index >= 15 is 0 Å². The standard InChI is InChI=1S/C24H22N8O8/c33-12-3-1-2-10(6-12)15-16-18(28-23(39)30-20(16)35)32(19-17(15)21(36)31-24(40)29-19)5-4-14(34)27-13(22(37)38)7-11-8-25-9-26-11/h1-3,6,8-9,13,15,33H,4-5,7H2,(H,25,26)(H,27,34)(H,37,38)(H2,28,30,35,39)(H2,29,31,36,40)/t13-/m0/s1. The van der Waals surface area contributed by atoms with Crippen molar-refractivity contribution in [1.29, 1.82) is 0 Å². The molecule has 1 aromatic carbocycles. The van der Waals surface area contributed by atoms with Crippen molar-refractivity contribution in [1.82, 2.24) is 35.2 Å². The van der Waals surface area contributed by atoms with Crippen molar-refractivity contribution in [2.45, 2.75) is 24.8 Å². The molecule has 1 aliphatic heterocycles. The average Bonchev–Trinajstić information content (AvgIpc) is 3.39. The summed E-state index contributed by atoms with van der Waals surface area (Å²) in [6, 6.07) is 4.51. The molecule has 1 amide bonds. The fraction of sp³-hybridized carbons (Fsp3) is 0.208. The maximum atomic E-state index is 13.1. The third kappa shape index (κ3) is 4.92. The molecule has 40 heavy (non-hydrogen) atoms. The highest BCUT2D eigenvalue weighted by Crippen LogP contribution is 2.43. The number of aromatic hydroxyl groups is 1. The minimum Gasteiger partial charge on any atom is -0.508 e. The fourth-order valence-electron chi connectivity index (χ4n) is 4.74. The number of nitrogens with zero attached hydrogens (tertiary/aromatic N) is 2.